The second kappa shape index (κ2) is 11.2. The van der Waals surface area contributed by atoms with Crippen molar-refractivity contribution in [3.8, 4) is 0 Å². The molecule has 0 aromatic carbocycles. The number of carboxylic acid groups (broad SMARTS) is 1. The third kappa shape index (κ3) is 8.78. The van der Waals surface area contributed by atoms with Crippen LogP contribution in [0.15, 0.2) is 9.98 Å². The largest absolute Gasteiger partial charge is 0.465 e. The number of likely N-dealkylation sites (tertiary alicyclic amines) is 1. The monoisotopic (exact) mass is 586 g/mol. The van der Waals surface area contributed by atoms with Gasteiger partial charge in [0.1, 0.15) is 5.60 Å². The topological polar surface area (TPSA) is 95.0 Å². The van der Waals surface area contributed by atoms with Gasteiger partial charge in [0, 0.05) is 6.04 Å². The van der Waals surface area contributed by atoms with Gasteiger partial charge in [-0.05, 0) is 68.0 Å². The van der Waals surface area contributed by atoms with Gasteiger partial charge in [-0.15, -0.1) is 0 Å². The number of piperidine rings is 1. The standard InChI is InChI=1S/C22H34BrF3N4O4S/c1-20(2,3)16(29-9-7-13(8-10-29)22(24,25)26)14(28-18(31)34-21(4,5)6)12-30(19(32)33)17-27-11-15(23)35-17/h11,13-14,16H,7-10,12H2,1-6H3,(H,28,31)(H,32,33)/t14-,16?/m0/s1. The molecule has 2 amide bonds. The van der Waals surface area contributed by atoms with Crippen LogP contribution in [0.1, 0.15) is 54.4 Å². The van der Waals surface area contributed by atoms with Gasteiger partial charge in [0.25, 0.3) is 0 Å². The summed E-state index contributed by atoms with van der Waals surface area (Å²) in [7, 11) is 0. The van der Waals surface area contributed by atoms with Crippen molar-refractivity contribution < 1.29 is 32.6 Å². The summed E-state index contributed by atoms with van der Waals surface area (Å²) in [5.74, 6) is -1.38. The van der Waals surface area contributed by atoms with E-state index in [9.17, 15) is 27.9 Å². The highest BCUT2D eigenvalue weighted by Gasteiger charge is 2.46. The smallest absolute Gasteiger partial charge is 0.413 e. The maximum absolute atomic E-state index is 13.3. The molecule has 2 atom stereocenters. The number of thiazole rings is 1. The van der Waals surface area contributed by atoms with E-state index in [1.54, 1.807) is 20.8 Å². The van der Waals surface area contributed by atoms with Crippen molar-refractivity contribution in [1.29, 1.82) is 0 Å². The number of nitrogens with zero attached hydrogens (tertiary/aromatic N) is 3. The average molecular weight is 588 g/mol. The van der Waals surface area contributed by atoms with Crippen molar-refractivity contribution in [2.24, 2.45) is 11.3 Å². The first kappa shape index (κ1) is 29.6. The molecular weight excluding hydrogens is 553 g/mol. The number of nitrogens with one attached hydrogen (secondary N) is 1. The molecule has 200 valence electrons. The molecule has 1 aromatic heterocycles. The number of carbonyl (C=O) groups excluding carboxylic acids is 1. The van der Waals surface area contributed by atoms with Crippen molar-refractivity contribution in [3.63, 3.8) is 0 Å². The number of alkyl carbamates (subject to hydrolysis) is 1. The molecule has 1 aromatic rings. The van der Waals surface area contributed by atoms with Crippen LogP contribution in [0.3, 0.4) is 0 Å². The Kier molecular flexibility index (Phi) is 9.48. The first-order valence-electron chi connectivity index (χ1n) is 11.3. The first-order valence-corrected chi connectivity index (χ1v) is 12.9. The van der Waals surface area contributed by atoms with Gasteiger partial charge in [-0.1, -0.05) is 32.1 Å². The Morgan fingerprint density at radius 2 is 1.83 bits per heavy atom. The Hall–Kier alpha value is -1.60. The highest BCUT2D eigenvalue weighted by molar-refractivity contribution is 9.11. The van der Waals surface area contributed by atoms with Crippen LogP contribution in [0, 0.1) is 11.3 Å². The Morgan fingerprint density at radius 3 is 2.23 bits per heavy atom. The highest BCUT2D eigenvalue weighted by atomic mass is 79.9. The molecule has 0 aliphatic carbocycles. The zero-order valence-corrected chi connectivity index (χ0v) is 23.2. The van der Waals surface area contributed by atoms with Gasteiger partial charge in [-0.25, -0.2) is 14.6 Å². The number of amides is 2. The molecule has 0 radical (unpaired) electrons. The lowest BCUT2D eigenvalue weighted by Gasteiger charge is -2.48. The molecule has 1 aliphatic rings. The number of hydrogen-bond acceptors (Lipinski definition) is 6. The van der Waals surface area contributed by atoms with Crippen LogP contribution < -0.4 is 10.2 Å². The van der Waals surface area contributed by atoms with Crippen LogP contribution in [-0.4, -0.2) is 70.7 Å². The zero-order chi connectivity index (χ0) is 26.8. The minimum atomic E-state index is -4.25. The number of rotatable bonds is 6. The Labute approximate surface area is 216 Å². The van der Waals surface area contributed by atoms with E-state index in [1.807, 2.05) is 25.7 Å². The van der Waals surface area contributed by atoms with Crippen molar-refractivity contribution >= 4 is 44.6 Å². The Bertz CT molecular complexity index is 877. The number of alkyl halides is 3. The number of aromatic nitrogens is 1. The van der Waals surface area contributed by atoms with Gasteiger partial charge in [0.05, 0.1) is 28.5 Å². The molecule has 0 spiro atoms. The molecule has 0 bridgehead atoms. The van der Waals surface area contributed by atoms with Crippen LogP contribution in [0.5, 0.6) is 0 Å². The molecule has 2 heterocycles. The number of hydrogen-bond donors (Lipinski definition) is 2. The number of halogens is 4. The van der Waals surface area contributed by atoms with E-state index >= 15 is 0 Å². The maximum Gasteiger partial charge on any atom is 0.413 e. The first-order chi connectivity index (χ1) is 15.9. The van der Waals surface area contributed by atoms with Gasteiger partial charge < -0.3 is 15.2 Å². The zero-order valence-electron chi connectivity index (χ0n) is 20.8. The van der Waals surface area contributed by atoms with E-state index in [4.69, 9.17) is 4.74 Å². The van der Waals surface area contributed by atoms with Crippen LogP contribution in [0.25, 0.3) is 0 Å². The summed E-state index contributed by atoms with van der Waals surface area (Å²) in [5, 5.41) is 12.9. The molecule has 13 heteroatoms. The second-order valence-corrected chi connectivity index (χ2v) is 13.1. The van der Waals surface area contributed by atoms with Gasteiger partial charge in [-0.3, -0.25) is 9.80 Å². The fourth-order valence-corrected chi connectivity index (χ4v) is 5.58. The quantitative estimate of drug-likeness (QED) is 0.426. The molecule has 2 rings (SSSR count). The Morgan fingerprint density at radius 1 is 1.26 bits per heavy atom. The molecular formula is C22H34BrF3N4O4S. The van der Waals surface area contributed by atoms with Gasteiger partial charge in [0.15, 0.2) is 5.13 Å². The number of ether oxygens (including phenoxy) is 1. The second-order valence-electron chi connectivity index (χ2n) is 10.8. The lowest BCUT2D eigenvalue weighted by Crippen LogP contribution is -2.63. The number of carbonyl (C=O) groups is 2. The van der Waals surface area contributed by atoms with Crippen molar-refractivity contribution in [2.45, 2.75) is 78.2 Å². The summed E-state index contributed by atoms with van der Waals surface area (Å²) < 4.78 is 45.9. The minimum Gasteiger partial charge on any atom is -0.465 e. The van der Waals surface area contributed by atoms with Crippen LogP contribution in [0.2, 0.25) is 0 Å². The maximum atomic E-state index is 13.3. The predicted molar refractivity (Wildman–Crippen MR) is 132 cm³/mol. The van der Waals surface area contributed by atoms with Gasteiger partial charge >= 0.3 is 18.4 Å². The van der Waals surface area contributed by atoms with Gasteiger partial charge in [0.2, 0.25) is 0 Å². The van der Waals surface area contributed by atoms with E-state index in [0.29, 0.717) is 3.79 Å². The normalized spacial score (nSPS) is 18.1. The molecule has 8 nitrogen and oxygen atoms in total. The third-order valence-electron chi connectivity index (χ3n) is 5.66. The fourth-order valence-electron chi connectivity index (χ4n) is 4.40. The highest BCUT2D eigenvalue weighted by Crippen LogP contribution is 2.38. The van der Waals surface area contributed by atoms with E-state index in [1.165, 1.54) is 6.20 Å². The summed E-state index contributed by atoms with van der Waals surface area (Å²) in [6.07, 6.45) is -4.88. The lowest BCUT2D eigenvalue weighted by atomic mass is 9.79. The van der Waals surface area contributed by atoms with Crippen molar-refractivity contribution in [1.82, 2.24) is 15.2 Å². The predicted octanol–water partition coefficient (Wildman–Crippen LogP) is 5.97. The third-order valence-corrected chi connectivity index (χ3v) is 7.16. The summed E-state index contributed by atoms with van der Waals surface area (Å²) >= 11 is 4.40. The van der Waals surface area contributed by atoms with E-state index < -0.39 is 47.4 Å². The average Bonchev–Trinajstić information content (AvgIpc) is 3.08. The number of anilines is 1. The fraction of sp³-hybridized carbons (Fsp3) is 0.773. The van der Waals surface area contributed by atoms with Crippen LogP contribution in [0.4, 0.5) is 27.9 Å². The molecule has 2 N–H and O–H groups in total. The Balaban J connectivity index is 2.40. The molecule has 0 saturated carbocycles. The van der Waals surface area contributed by atoms with Crippen molar-refractivity contribution in [2.75, 3.05) is 24.5 Å². The van der Waals surface area contributed by atoms with Crippen LogP contribution in [-0.2, 0) is 4.74 Å². The molecule has 1 unspecified atom stereocenters. The van der Waals surface area contributed by atoms with E-state index in [2.05, 4.69) is 26.2 Å². The molecule has 1 fully saturated rings. The molecule has 35 heavy (non-hydrogen) atoms. The molecule has 1 aliphatic heterocycles. The minimum absolute atomic E-state index is 0.0582. The SMILES string of the molecule is CC(C)(C)OC(=O)N[C@@H](CN(C(=O)O)c1ncc(Br)s1)C(N1CCC(C(F)(F)F)CC1)C(C)(C)C. The summed E-state index contributed by atoms with van der Waals surface area (Å²) in [6.45, 7) is 11.1. The molecule has 1 saturated heterocycles. The lowest BCUT2D eigenvalue weighted by molar-refractivity contribution is -0.187. The van der Waals surface area contributed by atoms with Crippen LogP contribution >= 0.6 is 27.3 Å². The van der Waals surface area contributed by atoms with Crippen molar-refractivity contribution in [3.05, 3.63) is 9.98 Å². The van der Waals surface area contributed by atoms with Gasteiger partial charge in [-0.2, -0.15) is 13.2 Å². The summed E-state index contributed by atoms with van der Waals surface area (Å²) in [6, 6.07) is -1.26. The van der Waals surface area contributed by atoms with E-state index in [0.717, 1.165) is 16.2 Å². The summed E-state index contributed by atoms with van der Waals surface area (Å²) in [5.41, 5.74) is -1.30. The summed E-state index contributed by atoms with van der Waals surface area (Å²) in [4.78, 5) is 32.0. The van der Waals surface area contributed by atoms with E-state index in [-0.39, 0.29) is 37.6 Å².